The molecule has 0 aromatic heterocycles. The molecule has 3 nitrogen and oxygen atoms in total. The molecule has 0 unspecified atom stereocenters. The van der Waals surface area contributed by atoms with Crippen molar-refractivity contribution in [2.75, 3.05) is 6.61 Å². The molecule has 0 heterocycles. The molecule has 0 aliphatic heterocycles. The first-order valence-corrected chi connectivity index (χ1v) is 6.73. The highest BCUT2D eigenvalue weighted by Gasteiger charge is 2.25. The average molecular weight is 247 g/mol. The lowest BCUT2D eigenvalue weighted by molar-refractivity contribution is 0.0884. The molecule has 0 bridgehead atoms. The minimum Gasteiger partial charge on any atom is -0.494 e. The molecule has 1 aromatic rings. The topological polar surface area (TPSA) is 52.3 Å². The Hall–Kier alpha value is -1.35. The number of nitrogens with two attached hydrogens (primary N) is 1. The summed E-state index contributed by atoms with van der Waals surface area (Å²) in [4.78, 5) is 12.3. The molecule has 0 amide bonds. The first-order valence-electron chi connectivity index (χ1n) is 6.73. The van der Waals surface area contributed by atoms with E-state index in [4.69, 9.17) is 10.5 Å². The maximum atomic E-state index is 12.3. The van der Waals surface area contributed by atoms with Crippen LogP contribution in [-0.4, -0.2) is 18.4 Å². The molecule has 2 rings (SSSR count). The Balaban J connectivity index is 2.00. The summed E-state index contributed by atoms with van der Waals surface area (Å²) in [5, 5.41) is 0. The van der Waals surface area contributed by atoms with E-state index in [1.165, 1.54) is 0 Å². The Labute approximate surface area is 108 Å². The van der Waals surface area contributed by atoms with Crippen LogP contribution in [-0.2, 0) is 0 Å². The van der Waals surface area contributed by atoms with Gasteiger partial charge in [0.05, 0.1) is 6.61 Å². The van der Waals surface area contributed by atoms with Crippen LogP contribution in [0.25, 0.3) is 0 Å². The normalized spacial score (nSPS) is 23.7. The quantitative estimate of drug-likeness (QED) is 0.832. The molecular formula is C15H21NO2. The number of carbonyl (C=O) groups is 1. The number of ether oxygens (including phenoxy) is 1. The zero-order valence-electron chi connectivity index (χ0n) is 10.9. The predicted octanol–water partition coefficient (Wildman–Crippen LogP) is 2.79. The summed E-state index contributed by atoms with van der Waals surface area (Å²) in [5.74, 6) is 1.23. The Morgan fingerprint density at radius 1 is 1.22 bits per heavy atom. The summed E-state index contributed by atoms with van der Waals surface area (Å²) < 4.78 is 5.37. The van der Waals surface area contributed by atoms with Gasteiger partial charge in [-0.05, 0) is 56.9 Å². The van der Waals surface area contributed by atoms with Crippen LogP contribution in [0.2, 0.25) is 0 Å². The summed E-state index contributed by atoms with van der Waals surface area (Å²) in [6.07, 6.45) is 3.78. The molecule has 1 aromatic carbocycles. The van der Waals surface area contributed by atoms with Crippen LogP contribution in [0, 0.1) is 5.92 Å². The predicted molar refractivity (Wildman–Crippen MR) is 71.9 cm³/mol. The number of benzene rings is 1. The lowest BCUT2D eigenvalue weighted by Gasteiger charge is -2.25. The second kappa shape index (κ2) is 6.01. The zero-order chi connectivity index (χ0) is 13.0. The van der Waals surface area contributed by atoms with Gasteiger partial charge in [-0.15, -0.1) is 0 Å². The Morgan fingerprint density at radius 3 is 2.39 bits per heavy atom. The van der Waals surface area contributed by atoms with Gasteiger partial charge in [0, 0.05) is 17.5 Å². The first kappa shape index (κ1) is 13.1. The van der Waals surface area contributed by atoms with Crippen LogP contribution in [0.3, 0.4) is 0 Å². The van der Waals surface area contributed by atoms with E-state index in [2.05, 4.69) is 0 Å². The van der Waals surface area contributed by atoms with Crippen molar-refractivity contribution in [1.82, 2.24) is 0 Å². The molecule has 3 heteroatoms. The van der Waals surface area contributed by atoms with Crippen molar-refractivity contribution >= 4 is 5.78 Å². The van der Waals surface area contributed by atoms with Crippen molar-refractivity contribution in [2.24, 2.45) is 11.7 Å². The fraction of sp³-hybridized carbons (Fsp3) is 0.533. The highest BCUT2D eigenvalue weighted by atomic mass is 16.5. The summed E-state index contributed by atoms with van der Waals surface area (Å²) in [6.45, 7) is 2.60. The number of ketones is 1. The van der Waals surface area contributed by atoms with Gasteiger partial charge in [-0.2, -0.15) is 0 Å². The molecule has 1 aliphatic rings. The van der Waals surface area contributed by atoms with Crippen LogP contribution in [0.5, 0.6) is 5.75 Å². The first-order chi connectivity index (χ1) is 8.70. The van der Waals surface area contributed by atoms with E-state index in [0.29, 0.717) is 6.61 Å². The van der Waals surface area contributed by atoms with E-state index in [-0.39, 0.29) is 17.7 Å². The van der Waals surface area contributed by atoms with Gasteiger partial charge in [-0.25, -0.2) is 0 Å². The number of hydrogen-bond donors (Lipinski definition) is 1. The van der Waals surface area contributed by atoms with Crippen LogP contribution in [0.1, 0.15) is 43.0 Å². The molecule has 1 fully saturated rings. The van der Waals surface area contributed by atoms with Gasteiger partial charge in [0.2, 0.25) is 0 Å². The smallest absolute Gasteiger partial charge is 0.165 e. The zero-order valence-corrected chi connectivity index (χ0v) is 10.9. The minimum atomic E-state index is 0.155. The molecule has 18 heavy (non-hydrogen) atoms. The highest BCUT2D eigenvalue weighted by Crippen LogP contribution is 2.27. The van der Waals surface area contributed by atoms with Gasteiger partial charge >= 0.3 is 0 Å². The van der Waals surface area contributed by atoms with Crippen LogP contribution < -0.4 is 10.5 Å². The fourth-order valence-corrected chi connectivity index (χ4v) is 2.50. The van der Waals surface area contributed by atoms with E-state index in [1.807, 2.05) is 31.2 Å². The second-order valence-electron chi connectivity index (χ2n) is 4.93. The van der Waals surface area contributed by atoms with Crippen molar-refractivity contribution in [3.8, 4) is 5.75 Å². The van der Waals surface area contributed by atoms with Crippen molar-refractivity contribution in [3.05, 3.63) is 29.8 Å². The Bertz CT molecular complexity index is 391. The largest absolute Gasteiger partial charge is 0.494 e. The van der Waals surface area contributed by atoms with Gasteiger partial charge in [0.25, 0.3) is 0 Å². The lowest BCUT2D eigenvalue weighted by Crippen LogP contribution is -2.29. The number of carbonyl (C=O) groups excluding carboxylic acids is 1. The number of hydrogen-bond acceptors (Lipinski definition) is 3. The maximum Gasteiger partial charge on any atom is 0.165 e. The molecular weight excluding hydrogens is 226 g/mol. The monoisotopic (exact) mass is 247 g/mol. The molecule has 1 saturated carbocycles. The standard InChI is InChI=1S/C15H21NO2/c1-2-18-14-9-5-12(6-10-14)15(17)11-3-7-13(16)8-4-11/h5-6,9-11,13H,2-4,7-8,16H2,1H3. The summed E-state index contributed by atoms with van der Waals surface area (Å²) in [7, 11) is 0. The third-order valence-electron chi connectivity index (χ3n) is 3.59. The number of Topliss-reactive ketones (excluding diaryl/α,β-unsaturated/α-hetero) is 1. The van der Waals surface area contributed by atoms with E-state index < -0.39 is 0 Å². The number of rotatable bonds is 4. The van der Waals surface area contributed by atoms with E-state index in [0.717, 1.165) is 37.0 Å². The molecule has 0 saturated heterocycles. The third kappa shape index (κ3) is 3.10. The van der Waals surface area contributed by atoms with E-state index >= 15 is 0 Å². The third-order valence-corrected chi connectivity index (χ3v) is 3.59. The lowest BCUT2D eigenvalue weighted by atomic mass is 9.82. The van der Waals surface area contributed by atoms with Crippen molar-refractivity contribution in [1.29, 1.82) is 0 Å². The molecule has 0 radical (unpaired) electrons. The molecule has 1 aliphatic carbocycles. The van der Waals surface area contributed by atoms with Crippen LogP contribution >= 0.6 is 0 Å². The van der Waals surface area contributed by atoms with Crippen LogP contribution in [0.4, 0.5) is 0 Å². The molecule has 98 valence electrons. The molecule has 2 N–H and O–H groups in total. The van der Waals surface area contributed by atoms with Gasteiger partial charge in [0.1, 0.15) is 5.75 Å². The summed E-state index contributed by atoms with van der Waals surface area (Å²) >= 11 is 0. The van der Waals surface area contributed by atoms with Crippen molar-refractivity contribution in [3.63, 3.8) is 0 Å². The van der Waals surface area contributed by atoms with Crippen LogP contribution in [0.15, 0.2) is 24.3 Å². The Kier molecular flexibility index (Phi) is 4.37. The maximum absolute atomic E-state index is 12.3. The highest BCUT2D eigenvalue weighted by molar-refractivity contribution is 5.98. The van der Waals surface area contributed by atoms with Crippen molar-refractivity contribution < 1.29 is 9.53 Å². The van der Waals surface area contributed by atoms with Crippen molar-refractivity contribution in [2.45, 2.75) is 38.6 Å². The Morgan fingerprint density at radius 2 is 1.83 bits per heavy atom. The average Bonchev–Trinajstić information content (AvgIpc) is 2.40. The van der Waals surface area contributed by atoms with Gasteiger partial charge in [0.15, 0.2) is 5.78 Å². The molecule has 0 atom stereocenters. The van der Waals surface area contributed by atoms with Gasteiger partial charge < -0.3 is 10.5 Å². The second-order valence-corrected chi connectivity index (χ2v) is 4.93. The molecule has 0 spiro atoms. The summed E-state index contributed by atoms with van der Waals surface area (Å²) in [6, 6.07) is 7.75. The van der Waals surface area contributed by atoms with Gasteiger partial charge in [-0.1, -0.05) is 0 Å². The van der Waals surface area contributed by atoms with Gasteiger partial charge in [-0.3, -0.25) is 4.79 Å². The SMILES string of the molecule is CCOc1ccc(C(=O)C2CCC(N)CC2)cc1. The fourth-order valence-electron chi connectivity index (χ4n) is 2.50. The minimum absolute atomic E-state index is 0.155. The summed E-state index contributed by atoms with van der Waals surface area (Å²) in [5.41, 5.74) is 6.65. The van der Waals surface area contributed by atoms with E-state index in [1.54, 1.807) is 0 Å². The van der Waals surface area contributed by atoms with E-state index in [9.17, 15) is 4.79 Å².